The molecule has 3 rings (SSSR count). The summed E-state index contributed by atoms with van der Waals surface area (Å²) in [4.78, 5) is 14.5. The Morgan fingerprint density at radius 3 is 2.95 bits per heavy atom. The van der Waals surface area contributed by atoms with E-state index in [9.17, 15) is 9.90 Å². The predicted molar refractivity (Wildman–Crippen MR) is 82.3 cm³/mol. The minimum Gasteiger partial charge on any atom is -0.394 e. The molecule has 3 N–H and O–H groups in total. The number of nitrogens with zero attached hydrogens (tertiary/aromatic N) is 1. The van der Waals surface area contributed by atoms with Crippen LogP contribution in [0.2, 0.25) is 0 Å². The number of aliphatic hydroxyl groups is 1. The van der Waals surface area contributed by atoms with E-state index in [1.807, 2.05) is 17.0 Å². The molecule has 2 atom stereocenters. The minimum atomic E-state index is -0.0150. The number of aryl methyl sites for hydroxylation is 1. The highest BCUT2D eigenvalue weighted by atomic mass is 16.3. The van der Waals surface area contributed by atoms with Gasteiger partial charge in [0.1, 0.15) is 0 Å². The Labute approximate surface area is 125 Å². The first-order chi connectivity index (χ1) is 10.2. The van der Waals surface area contributed by atoms with Gasteiger partial charge in [-0.25, -0.2) is 0 Å². The van der Waals surface area contributed by atoms with E-state index in [-0.39, 0.29) is 18.6 Å². The van der Waals surface area contributed by atoms with Gasteiger partial charge in [-0.1, -0.05) is 6.07 Å². The topological polar surface area (TPSA) is 66.6 Å². The summed E-state index contributed by atoms with van der Waals surface area (Å²) in [5.41, 5.74) is 9.23. The number of benzene rings is 1. The van der Waals surface area contributed by atoms with Crippen molar-refractivity contribution in [1.82, 2.24) is 4.90 Å². The van der Waals surface area contributed by atoms with Crippen molar-refractivity contribution in [3.63, 3.8) is 0 Å². The predicted octanol–water partition coefficient (Wildman–Crippen LogP) is 1.66. The summed E-state index contributed by atoms with van der Waals surface area (Å²) in [5.74, 6) is 0.435. The summed E-state index contributed by atoms with van der Waals surface area (Å²) in [7, 11) is 0. The molecule has 1 fully saturated rings. The van der Waals surface area contributed by atoms with Crippen LogP contribution in [0.15, 0.2) is 18.2 Å². The molecule has 1 aromatic carbocycles. The Hall–Kier alpha value is -1.39. The molecule has 1 heterocycles. The van der Waals surface area contributed by atoms with Gasteiger partial charge in [-0.05, 0) is 67.8 Å². The monoisotopic (exact) mass is 288 g/mol. The van der Waals surface area contributed by atoms with E-state index < -0.39 is 0 Å². The lowest BCUT2D eigenvalue weighted by molar-refractivity contribution is 0.0677. The van der Waals surface area contributed by atoms with Gasteiger partial charge in [0.05, 0.1) is 12.6 Å². The second-order valence-corrected chi connectivity index (χ2v) is 6.22. The first-order valence-electron chi connectivity index (χ1n) is 7.99. The van der Waals surface area contributed by atoms with Crippen LogP contribution >= 0.6 is 0 Å². The van der Waals surface area contributed by atoms with Gasteiger partial charge in [0.15, 0.2) is 0 Å². The van der Waals surface area contributed by atoms with Crippen LogP contribution in [0.4, 0.5) is 0 Å². The maximum absolute atomic E-state index is 12.7. The lowest BCUT2D eigenvalue weighted by atomic mass is 9.82. The Balaban J connectivity index is 1.87. The van der Waals surface area contributed by atoms with E-state index >= 15 is 0 Å². The van der Waals surface area contributed by atoms with Crippen molar-refractivity contribution in [3.8, 4) is 0 Å². The van der Waals surface area contributed by atoms with E-state index in [0.29, 0.717) is 12.5 Å². The summed E-state index contributed by atoms with van der Waals surface area (Å²) >= 11 is 0. The second-order valence-electron chi connectivity index (χ2n) is 6.22. The largest absolute Gasteiger partial charge is 0.394 e. The van der Waals surface area contributed by atoms with E-state index in [1.165, 1.54) is 17.5 Å². The molecule has 0 radical (unpaired) electrons. The first-order valence-corrected chi connectivity index (χ1v) is 7.99. The fourth-order valence-corrected chi connectivity index (χ4v) is 3.73. The van der Waals surface area contributed by atoms with Gasteiger partial charge < -0.3 is 15.7 Å². The zero-order valence-corrected chi connectivity index (χ0v) is 12.4. The summed E-state index contributed by atoms with van der Waals surface area (Å²) < 4.78 is 0. The fraction of sp³-hybridized carbons (Fsp3) is 0.588. The summed E-state index contributed by atoms with van der Waals surface area (Å²) in [6.45, 7) is 1.46. The molecule has 0 bridgehead atoms. The number of hydrogen-bond acceptors (Lipinski definition) is 3. The van der Waals surface area contributed by atoms with E-state index in [2.05, 4.69) is 6.07 Å². The SMILES string of the molecule is NCC1CCCc2ccc(C(=O)N3CCC[C@@H]3CO)cc21. The number of carbonyl (C=O) groups excluding carboxylic acids is 1. The molecule has 4 nitrogen and oxygen atoms in total. The van der Waals surface area contributed by atoms with Crippen LogP contribution in [-0.2, 0) is 6.42 Å². The minimum absolute atomic E-state index is 0.0150. The molecule has 1 saturated heterocycles. The Kier molecular flexibility index (Phi) is 4.27. The molecular weight excluding hydrogens is 264 g/mol. The molecule has 1 amide bonds. The average Bonchev–Trinajstić information content (AvgIpc) is 3.01. The third-order valence-electron chi connectivity index (χ3n) is 4.96. The summed E-state index contributed by atoms with van der Waals surface area (Å²) in [6, 6.07) is 6.06. The van der Waals surface area contributed by atoms with Gasteiger partial charge in [-0.2, -0.15) is 0 Å². The third-order valence-corrected chi connectivity index (χ3v) is 4.96. The molecular formula is C17H24N2O2. The standard InChI is InChI=1S/C17H24N2O2/c18-10-14-4-1-3-12-6-7-13(9-16(12)14)17(21)19-8-2-5-15(19)11-20/h6-7,9,14-15,20H,1-5,8,10-11,18H2/t14?,15-/m1/s1. The molecule has 4 heteroatoms. The van der Waals surface area contributed by atoms with Gasteiger partial charge in [0.2, 0.25) is 0 Å². The van der Waals surface area contributed by atoms with Gasteiger partial charge in [-0.15, -0.1) is 0 Å². The lowest BCUT2D eigenvalue weighted by Gasteiger charge is -2.27. The van der Waals surface area contributed by atoms with Crippen molar-refractivity contribution in [2.24, 2.45) is 5.73 Å². The highest BCUT2D eigenvalue weighted by Gasteiger charge is 2.29. The Bertz CT molecular complexity index is 530. The van der Waals surface area contributed by atoms with Crippen molar-refractivity contribution in [2.45, 2.75) is 44.1 Å². The molecule has 114 valence electrons. The molecule has 21 heavy (non-hydrogen) atoms. The average molecular weight is 288 g/mol. The lowest BCUT2D eigenvalue weighted by Crippen LogP contribution is -2.37. The van der Waals surface area contributed by atoms with E-state index in [1.54, 1.807) is 0 Å². The zero-order chi connectivity index (χ0) is 14.8. The van der Waals surface area contributed by atoms with Crippen LogP contribution < -0.4 is 5.73 Å². The molecule has 1 aliphatic heterocycles. The van der Waals surface area contributed by atoms with Crippen LogP contribution in [0.3, 0.4) is 0 Å². The number of rotatable bonds is 3. The molecule has 2 aliphatic rings. The van der Waals surface area contributed by atoms with Crippen molar-refractivity contribution in [2.75, 3.05) is 19.7 Å². The summed E-state index contributed by atoms with van der Waals surface area (Å²) in [5, 5.41) is 9.39. The summed E-state index contributed by atoms with van der Waals surface area (Å²) in [6.07, 6.45) is 5.26. The van der Waals surface area contributed by atoms with Crippen LogP contribution in [0, 0.1) is 0 Å². The van der Waals surface area contributed by atoms with Crippen LogP contribution in [0.1, 0.15) is 53.1 Å². The number of nitrogens with two attached hydrogens (primary N) is 1. The molecule has 1 aliphatic carbocycles. The van der Waals surface area contributed by atoms with E-state index in [4.69, 9.17) is 5.73 Å². The first kappa shape index (κ1) is 14.5. The highest BCUT2D eigenvalue weighted by molar-refractivity contribution is 5.95. The van der Waals surface area contributed by atoms with Gasteiger partial charge in [0.25, 0.3) is 5.91 Å². The number of fused-ring (bicyclic) bond motifs is 1. The number of carbonyl (C=O) groups is 1. The van der Waals surface area contributed by atoms with Crippen LogP contribution in [-0.4, -0.2) is 41.7 Å². The maximum atomic E-state index is 12.7. The quantitative estimate of drug-likeness (QED) is 0.889. The van der Waals surface area contributed by atoms with Crippen molar-refractivity contribution in [3.05, 3.63) is 34.9 Å². The van der Waals surface area contributed by atoms with Gasteiger partial charge >= 0.3 is 0 Å². The smallest absolute Gasteiger partial charge is 0.254 e. The fourth-order valence-electron chi connectivity index (χ4n) is 3.73. The molecule has 0 aromatic heterocycles. The third kappa shape index (κ3) is 2.70. The van der Waals surface area contributed by atoms with Gasteiger partial charge in [-0.3, -0.25) is 4.79 Å². The molecule has 0 spiro atoms. The normalized spacial score (nSPS) is 25.0. The van der Waals surface area contributed by atoms with Crippen LogP contribution in [0.5, 0.6) is 0 Å². The van der Waals surface area contributed by atoms with Crippen molar-refractivity contribution >= 4 is 5.91 Å². The number of aliphatic hydroxyl groups excluding tert-OH is 1. The molecule has 0 saturated carbocycles. The maximum Gasteiger partial charge on any atom is 0.254 e. The number of hydrogen-bond donors (Lipinski definition) is 2. The highest BCUT2D eigenvalue weighted by Crippen LogP contribution is 2.32. The molecule has 1 unspecified atom stereocenters. The van der Waals surface area contributed by atoms with E-state index in [0.717, 1.165) is 37.8 Å². The number of amides is 1. The van der Waals surface area contributed by atoms with Gasteiger partial charge in [0, 0.05) is 12.1 Å². The Morgan fingerprint density at radius 2 is 2.19 bits per heavy atom. The second kappa shape index (κ2) is 6.16. The van der Waals surface area contributed by atoms with Crippen LogP contribution in [0.25, 0.3) is 0 Å². The van der Waals surface area contributed by atoms with Crippen molar-refractivity contribution in [1.29, 1.82) is 0 Å². The number of likely N-dealkylation sites (tertiary alicyclic amines) is 1. The zero-order valence-electron chi connectivity index (χ0n) is 12.4. The molecule has 1 aromatic rings. The van der Waals surface area contributed by atoms with Crippen molar-refractivity contribution < 1.29 is 9.90 Å². The Morgan fingerprint density at radius 1 is 1.33 bits per heavy atom.